The zero-order valence-corrected chi connectivity index (χ0v) is 9.80. The highest BCUT2D eigenvalue weighted by Gasteiger charge is 2.35. The zero-order chi connectivity index (χ0) is 10.1. The molecule has 82 valence electrons. The van der Waals surface area contributed by atoms with Crippen molar-refractivity contribution in [3.63, 3.8) is 0 Å². The number of nitrogens with one attached hydrogen (secondary N) is 1. The van der Waals surface area contributed by atoms with Gasteiger partial charge >= 0.3 is 0 Å². The molecule has 2 saturated heterocycles. The minimum Gasteiger partial charge on any atom is -0.316 e. The van der Waals surface area contributed by atoms with Gasteiger partial charge in [0.2, 0.25) is 0 Å². The molecule has 0 amide bonds. The molecule has 2 nitrogen and oxygen atoms in total. The normalized spacial score (nSPS) is 30.9. The Morgan fingerprint density at radius 1 is 1.33 bits per heavy atom. The van der Waals surface area contributed by atoms with Gasteiger partial charge in [0.05, 0.1) is 0 Å². The van der Waals surface area contributed by atoms with Crippen LogP contribution in [0, 0.1) is 11.8 Å². The monoisotopic (exact) mass is 222 g/mol. The molecule has 3 heteroatoms. The SMILES string of the molecule is c1csc(CCN2C[C@H]3CNC[C@H]3C2)c1. The first-order valence-corrected chi connectivity index (χ1v) is 6.75. The fourth-order valence-electron chi connectivity index (χ4n) is 2.86. The van der Waals surface area contributed by atoms with E-state index in [2.05, 4.69) is 27.7 Å². The van der Waals surface area contributed by atoms with Crippen LogP contribution in [0.5, 0.6) is 0 Å². The molecule has 0 spiro atoms. The van der Waals surface area contributed by atoms with Crippen LogP contribution in [0.4, 0.5) is 0 Å². The summed E-state index contributed by atoms with van der Waals surface area (Å²) in [6.45, 7) is 6.40. The Bertz CT molecular complexity index is 297. The van der Waals surface area contributed by atoms with Gasteiger partial charge in [-0.3, -0.25) is 0 Å². The molecule has 3 heterocycles. The number of hydrogen-bond acceptors (Lipinski definition) is 3. The lowest BCUT2D eigenvalue weighted by Crippen LogP contribution is -2.27. The molecule has 1 N–H and O–H groups in total. The fourth-order valence-corrected chi connectivity index (χ4v) is 3.56. The number of hydrogen-bond donors (Lipinski definition) is 1. The van der Waals surface area contributed by atoms with Crippen LogP contribution in [-0.4, -0.2) is 37.6 Å². The highest BCUT2D eigenvalue weighted by molar-refractivity contribution is 7.09. The third kappa shape index (κ3) is 2.10. The molecule has 0 radical (unpaired) electrons. The lowest BCUT2D eigenvalue weighted by atomic mass is 10.0. The van der Waals surface area contributed by atoms with E-state index in [9.17, 15) is 0 Å². The van der Waals surface area contributed by atoms with Crippen LogP contribution in [-0.2, 0) is 6.42 Å². The molecule has 2 atom stereocenters. The predicted octanol–water partition coefficient (Wildman–Crippen LogP) is 1.44. The van der Waals surface area contributed by atoms with Crippen molar-refractivity contribution < 1.29 is 0 Å². The van der Waals surface area contributed by atoms with Gasteiger partial charge in [0.1, 0.15) is 0 Å². The summed E-state index contributed by atoms with van der Waals surface area (Å²) in [4.78, 5) is 4.18. The third-order valence-corrected chi connectivity index (χ3v) is 4.66. The van der Waals surface area contributed by atoms with Crippen molar-refractivity contribution in [2.45, 2.75) is 6.42 Å². The lowest BCUT2D eigenvalue weighted by molar-refractivity contribution is 0.318. The molecule has 0 aromatic carbocycles. The van der Waals surface area contributed by atoms with E-state index in [1.54, 1.807) is 0 Å². The minimum atomic E-state index is 0.938. The van der Waals surface area contributed by atoms with Gasteiger partial charge in [-0.25, -0.2) is 0 Å². The summed E-state index contributed by atoms with van der Waals surface area (Å²) in [6, 6.07) is 4.41. The Morgan fingerprint density at radius 3 is 2.80 bits per heavy atom. The smallest absolute Gasteiger partial charge is 0.00579 e. The largest absolute Gasteiger partial charge is 0.316 e. The summed E-state index contributed by atoms with van der Waals surface area (Å²) < 4.78 is 0. The van der Waals surface area contributed by atoms with Gasteiger partial charge in [0.15, 0.2) is 0 Å². The topological polar surface area (TPSA) is 15.3 Å². The van der Waals surface area contributed by atoms with Crippen LogP contribution in [0.2, 0.25) is 0 Å². The number of thiophene rings is 1. The van der Waals surface area contributed by atoms with Crippen molar-refractivity contribution in [1.82, 2.24) is 10.2 Å². The summed E-state index contributed by atoms with van der Waals surface area (Å²) >= 11 is 1.89. The first-order valence-electron chi connectivity index (χ1n) is 5.87. The maximum Gasteiger partial charge on any atom is 0.00579 e. The molecule has 1 aromatic heterocycles. The van der Waals surface area contributed by atoms with Gasteiger partial charge in [0, 0.05) is 24.5 Å². The molecule has 15 heavy (non-hydrogen) atoms. The number of rotatable bonds is 3. The third-order valence-electron chi connectivity index (χ3n) is 3.72. The number of likely N-dealkylation sites (tertiary alicyclic amines) is 1. The van der Waals surface area contributed by atoms with E-state index in [4.69, 9.17) is 0 Å². The average Bonchev–Trinajstić information content (AvgIpc) is 2.91. The molecular formula is C12H18N2S. The molecular weight excluding hydrogens is 204 g/mol. The van der Waals surface area contributed by atoms with E-state index in [0.717, 1.165) is 11.8 Å². The van der Waals surface area contributed by atoms with E-state index in [0.29, 0.717) is 0 Å². The Morgan fingerprint density at radius 2 is 2.13 bits per heavy atom. The molecule has 0 bridgehead atoms. The first kappa shape index (κ1) is 9.82. The lowest BCUT2D eigenvalue weighted by Gasteiger charge is -2.15. The standard InChI is InChI=1S/C12H18N2S/c1-2-12(15-5-1)3-4-14-8-10-6-13-7-11(10)9-14/h1-2,5,10-11,13H,3-4,6-9H2/t10-,11+. The van der Waals surface area contributed by atoms with E-state index in [1.165, 1.54) is 44.0 Å². The summed E-state index contributed by atoms with van der Waals surface area (Å²) in [5.74, 6) is 1.88. The van der Waals surface area contributed by atoms with Gasteiger partial charge < -0.3 is 10.2 Å². The van der Waals surface area contributed by atoms with Gasteiger partial charge in [-0.05, 0) is 42.8 Å². The summed E-state index contributed by atoms with van der Waals surface area (Å²) in [5.41, 5.74) is 0. The Labute approximate surface area is 95.3 Å². The van der Waals surface area contributed by atoms with Crippen LogP contribution in [0.3, 0.4) is 0 Å². The van der Waals surface area contributed by atoms with Crippen molar-refractivity contribution in [3.05, 3.63) is 22.4 Å². The molecule has 2 aliphatic heterocycles. The molecule has 2 fully saturated rings. The van der Waals surface area contributed by atoms with Crippen molar-refractivity contribution in [2.75, 3.05) is 32.7 Å². The zero-order valence-electron chi connectivity index (χ0n) is 8.98. The van der Waals surface area contributed by atoms with Crippen molar-refractivity contribution >= 4 is 11.3 Å². The Kier molecular flexibility index (Phi) is 2.77. The maximum atomic E-state index is 3.49. The average molecular weight is 222 g/mol. The molecule has 1 aromatic rings. The predicted molar refractivity (Wildman–Crippen MR) is 64.3 cm³/mol. The van der Waals surface area contributed by atoms with Crippen LogP contribution >= 0.6 is 11.3 Å². The van der Waals surface area contributed by atoms with Gasteiger partial charge in [-0.2, -0.15) is 0 Å². The van der Waals surface area contributed by atoms with Gasteiger partial charge in [-0.1, -0.05) is 6.07 Å². The van der Waals surface area contributed by atoms with E-state index in [1.807, 2.05) is 11.3 Å². The summed E-state index contributed by atoms with van der Waals surface area (Å²) in [5, 5.41) is 5.67. The maximum absolute atomic E-state index is 3.49. The van der Waals surface area contributed by atoms with E-state index >= 15 is 0 Å². The van der Waals surface area contributed by atoms with Crippen molar-refractivity contribution in [3.8, 4) is 0 Å². The number of fused-ring (bicyclic) bond motifs is 1. The van der Waals surface area contributed by atoms with E-state index in [-0.39, 0.29) is 0 Å². The molecule has 0 saturated carbocycles. The quantitative estimate of drug-likeness (QED) is 0.832. The van der Waals surface area contributed by atoms with Crippen LogP contribution in [0.25, 0.3) is 0 Å². The van der Waals surface area contributed by atoms with Crippen molar-refractivity contribution in [1.29, 1.82) is 0 Å². The molecule has 0 aliphatic carbocycles. The highest BCUT2D eigenvalue weighted by atomic mass is 32.1. The van der Waals surface area contributed by atoms with Gasteiger partial charge in [0.25, 0.3) is 0 Å². The van der Waals surface area contributed by atoms with Crippen LogP contribution in [0.1, 0.15) is 4.88 Å². The number of nitrogens with zero attached hydrogens (tertiary/aromatic N) is 1. The summed E-state index contributed by atoms with van der Waals surface area (Å²) in [7, 11) is 0. The second-order valence-corrected chi connectivity index (χ2v) is 5.80. The fraction of sp³-hybridized carbons (Fsp3) is 0.667. The Balaban J connectivity index is 1.49. The molecule has 2 aliphatic rings. The molecule has 3 rings (SSSR count). The minimum absolute atomic E-state index is 0.938. The van der Waals surface area contributed by atoms with E-state index < -0.39 is 0 Å². The molecule has 0 unspecified atom stereocenters. The van der Waals surface area contributed by atoms with Gasteiger partial charge in [-0.15, -0.1) is 11.3 Å². The second-order valence-electron chi connectivity index (χ2n) is 4.77. The van der Waals surface area contributed by atoms with Crippen molar-refractivity contribution in [2.24, 2.45) is 11.8 Å². The summed E-state index contributed by atoms with van der Waals surface area (Å²) in [6.07, 6.45) is 1.24. The van der Waals surface area contributed by atoms with Crippen LogP contribution in [0.15, 0.2) is 17.5 Å². The van der Waals surface area contributed by atoms with Crippen LogP contribution < -0.4 is 5.32 Å². The Hall–Kier alpha value is -0.380. The highest BCUT2D eigenvalue weighted by Crippen LogP contribution is 2.26. The first-order chi connectivity index (χ1) is 7.42. The second kappa shape index (κ2) is 4.24.